The molecule has 0 fully saturated rings. The predicted octanol–water partition coefficient (Wildman–Crippen LogP) is 5.21. The standard InChI is InChI=1S/C13H3F9/c14-6-2-4(1-5(3-6)13(20,21)22)7-8(15)10(17)12(19)11(18)9(7)16/h1-3H. The first-order valence-electron chi connectivity index (χ1n) is 5.43. The molecule has 0 heterocycles. The zero-order chi connectivity index (χ0) is 16.8. The summed E-state index contributed by atoms with van der Waals surface area (Å²) in [5.74, 6) is -13.4. The van der Waals surface area contributed by atoms with Crippen molar-refractivity contribution in [2.24, 2.45) is 0 Å². The van der Waals surface area contributed by atoms with Crippen molar-refractivity contribution >= 4 is 0 Å². The van der Waals surface area contributed by atoms with Crippen LogP contribution in [0.25, 0.3) is 11.1 Å². The quantitative estimate of drug-likeness (QED) is 0.383. The number of hydrogen-bond acceptors (Lipinski definition) is 0. The Morgan fingerprint density at radius 3 is 1.50 bits per heavy atom. The lowest BCUT2D eigenvalue weighted by Crippen LogP contribution is -2.08. The third-order valence-electron chi connectivity index (χ3n) is 2.72. The Morgan fingerprint density at radius 2 is 1.05 bits per heavy atom. The van der Waals surface area contributed by atoms with Gasteiger partial charge in [-0.3, -0.25) is 0 Å². The van der Waals surface area contributed by atoms with Crippen molar-refractivity contribution < 1.29 is 39.5 Å². The Bertz CT molecular complexity index is 717. The van der Waals surface area contributed by atoms with Gasteiger partial charge in [-0.05, 0) is 23.8 Å². The molecule has 2 aromatic carbocycles. The highest BCUT2D eigenvalue weighted by Gasteiger charge is 2.33. The SMILES string of the molecule is Fc1cc(-c2c(F)c(F)c(F)c(F)c2F)cc(C(F)(F)F)c1. The highest BCUT2D eigenvalue weighted by atomic mass is 19.4. The summed E-state index contributed by atoms with van der Waals surface area (Å²) >= 11 is 0. The first-order chi connectivity index (χ1) is 10.0. The minimum Gasteiger partial charge on any atom is -0.207 e. The molecule has 118 valence electrons. The summed E-state index contributed by atoms with van der Waals surface area (Å²) < 4.78 is 117. The van der Waals surface area contributed by atoms with Gasteiger partial charge in [0.15, 0.2) is 23.3 Å². The molecule has 0 aliphatic carbocycles. The fourth-order valence-electron chi connectivity index (χ4n) is 1.76. The topological polar surface area (TPSA) is 0 Å². The van der Waals surface area contributed by atoms with Crippen LogP contribution >= 0.6 is 0 Å². The molecule has 0 radical (unpaired) electrons. The average molecular weight is 330 g/mol. The summed E-state index contributed by atoms with van der Waals surface area (Å²) in [6, 6.07) is 0.338. The fourth-order valence-corrected chi connectivity index (χ4v) is 1.76. The van der Waals surface area contributed by atoms with Crippen molar-refractivity contribution in [3.8, 4) is 11.1 Å². The number of alkyl halides is 3. The van der Waals surface area contributed by atoms with Crippen LogP contribution in [0, 0.1) is 34.9 Å². The molecule has 22 heavy (non-hydrogen) atoms. The summed E-state index contributed by atoms with van der Waals surface area (Å²) in [7, 11) is 0. The molecule has 0 amide bonds. The van der Waals surface area contributed by atoms with Crippen LogP contribution in [-0.4, -0.2) is 0 Å². The lowest BCUT2D eigenvalue weighted by molar-refractivity contribution is -0.137. The molecule has 2 rings (SSSR count). The van der Waals surface area contributed by atoms with E-state index in [1.807, 2.05) is 0 Å². The van der Waals surface area contributed by atoms with E-state index < -0.39 is 57.8 Å². The van der Waals surface area contributed by atoms with Gasteiger partial charge in [-0.25, -0.2) is 26.3 Å². The molecule has 0 unspecified atom stereocenters. The number of benzene rings is 2. The smallest absolute Gasteiger partial charge is 0.207 e. The second-order valence-electron chi connectivity index (χ2n) is 4.17. The third-order valence-corrected chi connectivity index (χ3v) is 2.72. The Kier molecular flexibility index (Phi) is 3.84. The van der Waals surface area contributed by atoms with Crippen molar-refractivity contribution in [1.29, 1.82) is 0 Å². The zero-order valence-corrected chi connectivity index (χ0v) is 10.1. The van der Waals surface area contributed by atoms with Gasteiger partial charge < -0.3 is 0 Å². The highest BCUT2D eigenvalue weighted by molar-refractivity contribution is 5.66. The van der Waals surface area contributed by atoms with Crippen LogP contribution in [0.15, 0.2) is 18.2 Å². The van der Waals surface area contributed by atoms with Crippen molar-refractivity contribution in [3.05, 3.63) is 58.7 Å². The molecular weight excluding hydrogens is 327 g/mol. The van der Waals surface area contributed by atoms with E-state index in [-0.39, 0.29) is 18.2 Å². The van der Waals surface area contributed by atoms with Gasteiger partial charge in [0, 0.05) is 0 Å². The fraction of sp³-hybridized carbons (Fsp3) is 0.0769. The predicted molar refractivity (Wildman–Crippen MR) is 56.6 cm³/mol. The maximum Gasteiger partial charge on any atom is 0.416 e. The van der Waals surface area contributed by atoms with E-state index in [0.29, 0.717) is 0 Å². The molecule has 0 aliphatic heterocycles. The summed E-state index contributed by atoms with van der Waals surface area (Å²) in [5.41, 5.74) is -4.40. The highest BCUT2D eigenvalue weighted by Crippen LogP contribution is 2.36. The van der Waals surface area contributed by atoms with Crippen LogP contribution in [-0.2, 0) is 6.18 Å². The molecule has 0 bridgehead atoms. The van der Waals surface area contributed by atoms with Crippen LogP contribution in [0.1, 0.15) is 5.56 Å². The molecule has 0 saturated heterocycles. The lowest BCUT2D eigenvalue weighted by Gasteiger charge is -2.12. The van der Waals surface area contributed by atoms with E-state index >= 15 is 0 Å². The molecule has 0 atom stereocenters. The normalized spacial score (nSPS) is 11.9. The molecular formula is C13H3F9. The number of halogens is 9. The van der Waals surface area contributed by atoms with Crippen molar-refractivity contribution in [2.75, 3.05) is 0 Å². The summed E-state index contributed by atoms with van der Waals surface area (Å²) in [6.45, 7) is 0. The largest absolute Gasteiger partial charge is 0.416 e. The molecule has 0 saturated carbocycles. The van der Waals surface area contributed by atoms with Crippen LogP contribution in [0.5, 0.6) is 0 Å². The maximum atomic E-state index is 13.5. The van der Waals surface area contributed by atoms with Crippen molar-refractivity contribution in [1.82, 2.24) is 0 Å². The van der Waals surface area contributed by atoms with Crippen LogP contribution in [0.4, 0.5) is 39.5 Å². The molecule has 0 aliphatic rings. The maximum absolute atomic E-state index is 13.5. The van der Waals surface area contributed by atoms with E-state index in [2.05, 4.69) is 0 Å². The molecule has 2 aromatic rings. The summed E-state index contributed by atoms with van der Waals surface area (Å²) in [4.78, 5) is 0. The molecule has 0 nitrogen and oxygen atoms in total. The third kappa shape index (κ3) is 2.62. The van der Waals surface area contributed by atoms with Crippen LogP contribution in [0.3, 0.4) is 0 Å². The summed E-state index contributed by atoms with van der Waals surface area (Å²) in [5, 5.41) is 0. The van der Waals surface area contributed by atoms with Crippen LogP contribution < -0.4 is 0 Å². The van der Waals surface area contributed by atoms with Gasteiger partial charge in [0.25, 0.3) is 0 Å². The minimum absolute atomic E-state index is 0.0234. The van der Waals surface area contributed by atoms with Gasteiger partial charge in [0.1, 0.15) is 5.82 Å². The number of hydrogen-bond donors (Lipinski definition) is 0. The van der Waals surface area contributed by atoms with Gasteiger partial charge in [-0.1, -0.05) is 0 Å². The monoisotopic (exact) mass is 330 g/mol. The van der Waals surface area contributed by atoms with Gasteiger partial charge in [0.05, 0.1) is 11.1 Å². The Balaban J connectivity index is 2.81. The molecule has 0 N–H and O–H groups in total. The van der Waals surface area contributed by atoms with Gasteiger partial charge in [-0.15, -0.1) is 0 Å². The first-order valence-corrected chi connectivity index (χ1v) is 5.43. The minimum atomic E-state index is -5.07. The van der Waals surface area contributed by atoms with Gasteiger partial charge >= 0.3 is 6.18 Å². The lowest BCUT2D eigenvalue weighted by atomic mass is 10.0. The van der Waals surface area contributed by atoms with Gasteiger partial charge in [-0.2, -0.15) is 13.2 Å². The van der Waals surface area contributed by atoms with E-state index in [1.165, 1.54) is 0 Å². The van der Waals surface area contributed by atoms with E-state index in [0.717, 1.165) is 0 Å². The molecule has 9 heteroatoms. The van der Waals surface area contributed by atoms with E-state index in [1.54, 1.807) is 0 Å². The Morgan fingerprint density at radius 1 is 0.591 bits per heavy atom. The van der Waals surface area contributed by atoms with E-state index in [9.17, 15) is 39.5 Å². The zero-order valence-electron chi connectivity index (χ0n) is 10.1. The van der Waals surface area contributed by atoms with Gasteiger partial charge in [0.2, 0.25) is 5.82 Å². The molecule has 0 spiro atoms. The number of rotatable bonds is 1. The van der Waals surface area contributed by atoms with Crippen molar-refractivity contribution in [2.45, 2.75) is 6.18 Å². The Hall–Kier alpha value is -2.19. The average Bonchev–Trinajstić information content (AvgIpc) is 2.42. The second kappa shape index (κ2) is 5.22. The summed E-state index contributed by atoms with van der Waals surface area (Å²) in [6.07, 6.45) is -5.07. The Labute approximate surface area is 116 Å². The molecule has 0 aromatic heterocycles. The first kappa shape index (κ1) is 16.2. The van der Waals surface area contributed by atoms with Crippen molar-refractivity contribution in [3.63, 3.8) is 0 Å². The van der Waals surface area contributed by atoms with E-state index in [4.69, 9.17) is 0 Å². The van der Waals surface area contributed by atoms with Crippen LogP contribution in [0.2, 0.25) is 0 Å². The second-order valence-corrected chi connectivity index (χ2v) is 4.17.